The van der Waals surface area contributed by atoms with Crippen molar-refractivity contribution in [1.29, 1.82) is 0 Å². The molecule has 0 atom stereocenters. The van der Waals surface area contributed by atoms with Crippen LogP contribution in [-0.2, 0) is 17.9 Å². The minimum absolute atomic E-state index is 0. The van der Waals surface area contributed by atoms with Crippen LogP contribution in [0.4, 0.5) is 5.69 Å². The van der Waals surface area contributed by atoms with Crippen LogP contribution in [0.15, 0.2) is 34.6 Å². The molecule has 1 aromatic carbocycles. The van der Waals surface area contributed by atoms with Crippen LogP contribution < -0.4 is 10.2 Å². The molecular formula is C21H30IN5OS. The minimum Gasteiger partial charge on any atom is -0.357 e. The molecule has 8 heteroatoms. The van der Waals surface area contributed by atoms with Gasteiger partial charge in [-0.25, -0.2) is 9.98 Å². The van der Waals surface area contributed by atoms with Gasteiger partial charge in [-0.1, -0.05) is 12.1 Å². The molecule has 0 radical (unpaired) electrons. The first-order valence-corrected chi connectivity index (χ1v) is 10.7. The van der Waals surface area contributed by atoms with E-state index in [0.29, 0.717) is 13.0 Å². The second-order valence-corrected chi connectivity index (χ2v) is 8.12. The Morgan fingerprint density at radius 1 is 1.31 bits per heavy atom. The maximum Gasteiger partial charge on any atom is 0.226 e. The van der Waals surface area contributed by atoms with Gasteiger partial charge in [0.05, 0.1) is 23.8 Å². The number of aromatic nitrogens is 1. The second-order valence-electron chi connectivity index (χ2n) is 7.05. The summed E-state index contributed by atoms with van der Waals surface area (Å²) in [6.07, 6.45) is 2.74. The van der Waals surface area contributed by atoms with E-state index in [4.69, 9.17) is 4.99 Å². The lowest BCUT2D eigenvalue weighted by Gasteiger charge is -2.26. The number of rotatable bonds is 6. The van der Waals surface area contributed by atoms with E-state index in [1.807, 2.05) is 31.0 Å². The van der Waals surface area contributed by atoms with E-state index < -0.39 is 0 Å². The third-order valence-electron chi connectivity index (χ3n) is 4.75. The number of halogens is 1. The van der Waals surface area contributed by atoms with E-state index in [1.165, 1.54) is 0 Å². The van der Waals surface area contributed by atoms with Crippen molar-refractivity contribution in [1.82, 2.24) is 15.2 Å². The molecule has 0 aliphatic carbocycles. The lowest BCUT2D eigenvalue weighted by Crippen LogP contribution is -2.38. The van der Waals surface area contributed by atoms with E-state index in [0.717, 1.165) is 60.4 Å². The maximum absolute atomic E-state index is 12.1. The molecule has 0 spiro atoms. The third-order valence-corrected chi connectivity index (χ3v) is 5.57. The van der Waals surface area contributed by atoms with Gasteiger partial charge in [0.1, 0.15) is 0 Å². The summed E-state index contributed by atoms with van der Waals surface area (Å²) in [6, 6.07) is 8.19. The zero-order valence-corrected chi connectivity index (χ0v) is 20.5. The number of amides is 1. The number of guanidine groups is 1. The summed E-state index contributed by atoms with van der Waals surface area (Å²) in [5, 5.41) is 6.52. The number of anilines is 1. The number of hydrogen-bond acceptors (Lipinski definition) is 4. The third kappa shape index (κ3) is 6.67. The van der Waals surface area contributed by atoms with Gasteiger partial charge in [0, 0.05) is 37.6 Å². The van der Waals surface area contributed by atoms with E-state index in [9.17, 15) is 4.79 Å². The number of benzene rings is 1. The lowest BCUT2D eigenvalue weighted by atomic mass is 10.1. The SMILES string of the molecule is CCNC(=NCc1ccc(N2CCCCC2=O)cc1)N(C)Cc1csc(C)n1.I. The average Bonchev–Trinajstić information content (AvgIpc) is 3.10. The van der Waals surface area contributed by atoms with Crippen molar-refractivity contribution < 1.29 is 4.79 Å². The summed E-state index contributed by atoms with van der Waals surface area (Å²) in [7, 11) is 2.03. The molecule has 0 bridgehead atoms. The normalized spacial score (nSPS) is 14.5. The van der Waals surface area contributed by atoms with Crippen LogP contribution >= 0.6 is 35.3 Å². The number of aryl methyl sites for hydroxylation is 1. The molecule has 1 amide bonds. The van der Waals surface area contributed by atoms with E-state index in [-0.39, 0.29) is 29.9 Å². The van der Waals surface area contributed by atoms with Crippen LogP contribution in [0, 0.1) is 6.92 Å². The van der Waals surface area contributed by atoms with Gasteiger partial charge in [-0.3, -0.25) is 4.79 Å². The Morgan fingerprint density at radius 2 is 2.07 bits per heavy atom. The average molecular weight is 527 g/mol. The van der Waals surface area contributed by atoms with Crippen molar-refractivity contribution >= 4 is 52.9 Å². The molecule has 3 rings (SSSR count). The first-order valence-electron chi connectivity index (χ1n) is 9.86. The van der Waals surface area contributed by atoms with Crippen molar-refractivity contribution in [3.05, 3.63) is 45.9 Å². The monoisotopic (exact) mass is 527 g/mol. The Morgan fingerprint density at radius 3 is 2.69 bits per heavy atom. The Labute approximate surface area is 194 Å². The van der Waals surface area contributed by atoms with Gasteiger partial charge in [-0.15, -0.1) is 35.3 Å². The molecular weight excluding hydrogens is 497 g/mol. The van der Waals surface area contributed by atoms with Gasteiger partial charge in [-0.05, 0) is 44.4 Å². The standard InChI is InChI=1S/C21H29N5OS.HI/c1-4-22-21(25(3)14-18-15-28-16(2)24-18)23-13-17-8-10-19(11-9-17)26-12-6-5-7-20(26)27;/h8-11,15H,4-7,12-14H2,1-3H3,(H,22,23);1H. The second kappa shape index (κ2) is 11.5. The number of nitrogens with zero attached hydrogens (tertiary/aromatic N) is 4. The fourth-order valence-corrected chi connectivity index (χ4v) is 3.90. The van der Waals surface area contributed by atoms with Crippen LogP contribution in [0.2, 0.25) is 0 Å². The van der Waals surface area contributed by atoms with Crippen LogP contribution in [0.5, 0.6) is 0 Å². The summed E-state index contributed by atoms with van der Waals surface area (Å²) in [6.45, 7) is 7.05. The fourth-order valence-electron chi connectivity index (χ4n) is 3.29. The summed E-state index contributed by atoms with van der Waals surface area (Å²) in [5.74, 6) is 1.09. The first-order chi connectivity index (χ1) is 13.6. The lowest BCUT2D eigenvalue weighted by molar-refractivity contribution is -0.119. The molecule has 0 unspecified atom stereocenters. The van der Waals surface area contributed by atoms with E-state index >= 15 is 0 Å². The molecule has 1 aliphatic heterocycles. The Balaban J connectivity index is 0.00000300. The predicted molar refractivity (Wildman–Crippen MR) is 131 cm³/mol. The van der Waals surface area contributed by atoms with Gasteiger partial charge in [0.15, 0.2) is 5.96 Å². The highest BCUT2D eigenvalue weighted by Gasteiger charge is 2.19. The van der Waals surface area contributed by atoms with Crippen molar-refractivity contribution in [3.63, 3.8) is 0 Å². The Hall–Kier alpha value is -1.68. The zero-order chi connectivity index (χ0) is 19.9. The largest absolute Gasteiger partial charge is 0.357 e. The molecule has 1 N–H and O–H groups in total. The number of hydrogen-bond donors (Lipinski definition) is 1. The summed E-state index contributed by atoms with van der Waals surface area (Å²) in [4.78, 5) is 25.4. The van der Waals surface area contributed by atoms with Crippen molar-refractivity contribution in [3.8, 4) is 0 Å². The number of nitrogens with one attached hydrogen (secondary N) is 1. The summed E-state index contributed by atoms with van der Waals surface area (Å²) >= 11 is 1.67. The van der Waals surface area contributed by atoms with Crippen LogP contribution in [0.25, 0.3) is 0 Å². The highest BCUT2D eigenvalue weighted by Crippen LogP contribution is 2.21. The number of thiazole rings is 1. The van der Waals surface area contributed by atoms with Gasteiger partial charge in [0.25, 0.3) is 0 Å². The van der Waals surface area contributed by atoms with E-state index in [1.54, 1.807) is 11.3 Å². The molecule has 0 saturated carbocycles. The zero-order valence-electron chi connectivity index (χ0n) is 17.4. The summed E-state index contributed by atoms with van der Waals surface area (Å²) in [5.41, 5.74) is 3.17. The molecule has 29 heavy (non-hydrogen) atoms. The van der Waals surface area contributed by atoms with Gasteiger partial charge in [0.2, 0.25) is 5.91 Å². The Bertz CT molecular complexity index is 821. The van der Waals surface area contributed by atoms with Crippen molar-refractivity contribution in [2.75, 3.05) is 25.0 Å². The quantitative estimate of drug-likeness (QED) is 0.348. The first kappa shape index (κ1) is 23.6. The number of carbonyl (C=O) groups excluding carboxylic acids is 1. The van der Waals surface area contributed by atoms with E-state index in [2.05, 4.69) is 39.6 Å². The minimum atomic E-state index is 0. The molecule has 2 aromatic rings. The molecule has 158 valence electrons. The molecule has 2 heterocycles. The number of aliphatic imine (C=N–C) groups is 1. The Kier molecular flexibility index (Phi) is 9.35. The highest BCUT2D eigenvalue weighted by molar-refractivity contribution is 14.0. The van der Waals surface area contributed by atoms with Gasteiger partial charge in [-0.2, -0.15) is 0 Å². The van der Waals surface area contributed by atoms with Crippen LogP contribution in [-0.4, -0.2) is 41.9 Å². The molecule has 6 nitrogen and oxygen atoms in total. The summed E-state index contributed by atoms with van der Waals surface area (Å²) < 4.78 is 0. The maximum atomic E-state index is 12.1. The number of carbonyl (C=O) groups is 1. The predicted octanol–water partition coefficient (Wildman–Crippen LogP) is 4.18. The van der Waals surface area contributed by atoms with Crippen molar-refractivity contribution in [2.24, 2.45) is 4.99 Å². The molecule has 1 aromatic heterocycles. The molecule has 1 fully saturated rings. The fraction of sp³-hybridized carbons (Fsp3) is 0.476. The van der Waals surface area contributed by atoms with Crippen molar-refractivity contribution in [2.45, 2.75) is 46.2 Å². The number of piperidine rings is 1. The topological polar surface area (TPSA) is 60.8 Å². The highest BCUT2D eigenvalue weighted by atomic mass is 127. The van der Waals surface area contributed by atoms with Gasteiger partial charge < -0.3 is 15.1 Å². The molecule has 1 aliphatic rings. The van der Waals surface area contributed by atoms with Crippen LogP contribution in [0.3, 0.4) is 0 Å². The van der Waals surface area contributed by atoms with Crippen LogP contribution in [0.1, 0.15) is 42.5 Å². The van der Waals surface area contributed by atoms with Gasteiger partial charge >= 0.3 is 0 Å². The smallest absolute Gasteiger partial charge is 0.226 e. The molecule has 1 saturated heterocycles.